The maximum absolute atomic E-state index is 11.4. The lowest BCUT2D eigenvalue weighted by molar-refractivity contribution is -0.120. The van der Waals surface area contributed by atoms with Gasteiger partial charge in [-0.1, -0.05) is 15.9 Å². The summed E-state index contributed by atoms with van der Waals surface area (Å²) in [7, 11) is 0. The first kappa shape index (κ1) is 10.4. The summed E-state index contributed by atoms with van der Waals surface area (Å²) in [6, 6.07) is 0. The minimum atomic E-state index is 0.235. The van der Waals surface area contributed by atoms with Gasteiger partial charge in [-0.2, -0.15) is 0 Å². The van der Waals surface area contributed by atoms with E-state index in [2.05, 4.69) is 21.2 Å². The van der Waals surface area contributed by atoms with Crippen LogP contribution in [0, 0.1) is 0 Å². The van der Waals surface area contributed by atoms with Gasteiger partial charge in [0.05, 0.1) is 5.25 Å². The van der Waals surface area contributed by atoms with E-state index in [1.165, 1.54) is 6.42 Å². The van der Waals surface area contributed by atoms with Crippen molar-refractivity contribution < 1.29 is 4.79 Å². The van der Waals surface area contributed by atoms with Crippen LogP contribution in [0.1, 0.15) is 19.3 Å². The molecule has 1 aliphatic rings. The highest BCUT2D eigenvalue weighted by molar-refractivity contribution is 9.09. The molecule has 1 N–H and O–H groups in total. The first-order valence-electron chi connectivity index (χ1n) is 4.30. The van der Waals surface area contributed by atoms with Gasteiger partial charge in [-0.15, -0.1) is 11.8 Å². The average Bonchev–Trinajstić information content (AvgIpc) is 2.56. The molecule has 0 spiro atoms. The third-order valence-corrected chi connectivity index (χ3v) is 3.77. The molecule has 12 heavy (non-hydrogen) atoms. The Kier molecular flexibility index (Phi) is 5.07. The molecular weight excluding hydrogens is 238 g/mol. The average molecular weight is 252 g/mol. The van der Waals surface area contributed by atoms with Crippen molar-refractivity contribution in [3.63, 3.8) is 0 Å². The van der Waals surface area contributed by atoms with Crippen molar-refractivity contribution in [2.45, 2.75) is 24.5 Å². The van der Waals surface area contributed by atoms with Crippen molar-refractivity contribution in [2.24, 2.45) is 0 Å². The van der Waals surface area contributed by atoms with Gasteiger partial charge < -0.3 is 5.32 Å². The Bertz CT molecular complexity index is 148. The van der Waals surface area contributed by atoms with E-state index in [1.807, 2.05) is 0 Å². The molecule has 1 saturated heterocycles. The summed E-state index contributed by atoms with van der Waals surface area (Å²) in [5.41, 5.74) is 0. The van der Waals surface area contributed by atoms with Gasteiger partial charge in [-0.05, 0) is 25.0 Å². The van der Waals surface area contributed by atoms with E-state index < -0.39 is 0 Å². The Balaban J connectivity index is 2.10. The van der Waals surface area contributed by atoms with Crippen LogP contribution in [0.5, 0.6) is 0 Å². The Hall–Kier alpha value is 0.300. The van der Waals surface area contributed by atoms with Crippen molar-refractivity contribution in [1.29, 1.82) is 0 Å². The van der Waals surface area contributed by atoms with Gasteiger partial charge in [0.25, 0.3) is 0 Å². The summed E-state index contributed by atoms with van der Waals surface area (Å²) in [5.74, 6) is 1.38. The molecule has 1 aliphatic heterocycles. The van der Waals surface area contributed by atoms with Gasteiger partial charge in [-0.3, -0.25) is 4.79 Å². The van der Waals surface area contributed by atoms with E-state index >= 15 is 0 Å². The second-order valence-electron chi connectivity index (χ2n) is 2.84. The van der Waals surface area contributed by atoms with E-state index in [9.17, 15) is 4.79 Å². The Morgan fingerprint density at radius 3 is 3.08 bits per heavy atom. The second-order valence-corrected chi connectivity index (χ2v) is 4.94. The zero-order chi connectivity index (χ0) is 8.81. The normalized spacial score (nSPS) is 22.6. The molecule has 70 valence electrons. The SMILES string of the molecule is O=C(NCCCBr)C1CCCS1. The lowest BCUT2D eigenvalue weighted by atomic mass is 10.2. The quantitative estimate of drug-likeness (QED) is 0.610. The van der Waals surface area contributed by atoms with Gasteiger partial charge in [-0.25, -0.2) is 0 Å². The Morgan fingerprint density at radius 2 is 2.50 bits per heavy atom. The predicted molar refractivity (Wildman–Crippen MR) is 56.9 cm³/mol. The Morgan fingerprint density at radius 1 is 1.67 bits per heavy atom. The van der Waals surface area contributed by atoms with Crippen molar-refractivity contribution in [2.75, 3.05) is 17.6 Å². The minimum absolute atomic E-state index is 0.235. The van der Waals surface area contributed by atoms with Crippen LogP contribution >= 0.6 is 27.7 Å². The molecule has 0 aromatic rings. The molecule has 0 aliphatic carbocycles. The summed E-state index contributed by atoms with van der Waals surface area (Å²) >= 11 is 5.11. The third kappa shape index (κ3) is 3.35. The summed E-state index contributed by atoms with van der Waals surface area (Å²) in [6.45, 7) is 0.807. The number of alkyl halides is 1. The first-order valence-corrected chi connectivity index (χ1v) is 6.47. The van der Waals surface area contributed by atoms with Crippen LogP contribution in [0.4, 0.5) is 0 Å². The fourth-order valence-electron chi connectivity index (χ4n) is 1.18. The zero-order valence-electron chi connectivity index (χ0n) is 7.01. The molecule has 0 bridgehead atoms. The largest absolute Gasteiger partial charge is 0.355 e. The number of rotatable bonds is 4. The number of hydrogen-bond acceptors (Lipinski definition) is 2. The summed E-state index contributed by atoms with van der Waals surface area (Å²) in [6.07, 6.45) is 3.27. The molecule has 1 amide bonds. The van der Waals surface area contributed by atoms with Crippen molar-refractivity contribution in [3.05, 3.63) is 0 Å². The number of carbonyl (C=O) groups excluding carboxylic acids is 1. The van der Waals surface area contributed by atoms with E-state index in [0.29, 0.717) is 0 Å². The lowest BCUT2D eigenvalue weighted by Gasteiger charge is -2.08. The first-order chi connectivity index (χ1) is 5.84. The topological polar surface area (TPSA) is 29.1 Å². The molecule has 1 unspecified atom stereocenters. The fourth-order valence-corrected chi connectivity index (χ4v) is 2.64. The number of carbonyl (C=O) groups is 1. The van der Waals surface area contributed by atoms with E-state index in [1.54, 1.807) is 11.8 Å². The standard InChI is InChI=1S/C8H14BrNOS/c9-4-2-5-10-8(11)7-3-1-6-12-7/h7H,1-6H2,(H,10,11). The van der Waals surface area contributed by atoms with Crippen molar-refractivity contribution in [1.82, 2.24) is 5.32 Å². The Labute approximate surface area is 86.0 Å². The lowest BCUT2D eigenvalue weighted by Crippen LogP contribution is -2.32. The highest BCUT2D eigenvalue weighted by Gasteiger charge is 2.22. The summed E-state index contributed by atoms with van der Waals surface area (Å²) in [5, 5.41) is 4.14. The summed E-state index contributed by atoms with van der Waals surface area (Å²) in [4.78, 5) is 11.4. The predicted octanol–water partition coefficient (Wildman–Crippen LogP) is 1.78. The number of nitrogens with one attached hydrogen (secondary N) is 1. The molecule has 0 aromatic carbocycles. The van der Waals surface area contributed by atoms with Crippen LogP contribution in [0.3, 0.4) is 0 Å². The molecule has 0 radical (unpaired) electrons. The van der Waals surface area contributed by atoms with Crippen molar-refractivity contribution >= 4 is 33.6 Å². The maximum atomic E-state index is 11.4. The fraction of sp³-hybridized carbons (Fsp3) is 0.875. The van der Waals surface area contributed by atoms with Gasteiger partial charge >= 0.3 is 0 Å². The zero-order valence-corrected chi connectivity index (χ0v) is 9.42. The molecule has 0 saturated carbocycles. The molecule has 0 aromatic heterocycles. The van der Waals surface area contributed by atoms with E-state index in [-0.39, 0.29) is 11.2 Å². The van der Waals surface area contributed by atoms with Crippen LogP contribution in [0.2, 0.25) is 0 Å². The summed E-state index contributed by atoms with van der Waals surface area (Å²) < 4.78 is 0. The molecule has 2 nitrogen and oxygen atoms in total. The van der Waals surface area contributed by atoms with Crippen LogP contribution in [-0.4, -0.2) is 28.8 Å². The molecule has 4 heteroatoms. The third-order valence-electron chi connectivity index (χ3n) is 1.83. The molecule has 1 fully saturated rings. The number of hydrogen-bond donors (Lipinski definition) is 1. The molecule has 1 rings (SSSR count). The second kappa shape index (κ2) is 5.86. The smallest absolute Gasteiger partial charge is 0.233 e. The van der Waals surface area contributed by atoms with Gasteiger partial charge in [0.15, 0.2) is 0 Å². The number of halogens is 1. The van der Waals surface area contributed by atoms with Crippen molar-refractivity contribution in [3.8, 4) is 0 Å². The monoisotopic (exact) mass is 251 g/mol. The van der Waals surface area contributed by atoms with Gasteiger partial charge in [0, 0.05) is 11.9 Å². The van der Waals surface area contributed by atoms with Crippen LogP contribution in [-0.2, 0) is 4.79 Å². The molecular formula is C8H14BrNOS. The highest BCUT2D eigenvalue weighted by Crippen LogP contribution is 2.25. The number of thioether (sulfide) groups is 1. The van der Waals surface area contributed by atoms with Crippen LogP contribution in [0.15, 0.2) is 0 Å². The molecule has 1 heterocycles. The van der Waals surface area contributed by atoms with Gasteiger partial charge in [0.2, 0.25) is 5.91 Å². The maximum Gasteiger partial charge on any atom is 0.233 e. The van der Waals surface area contributed by atoms with E-state index in [4.69, 9.17) is 0 Å². The van der Waals surface area contributed by atoms with E-state index in [0.717, 1.165) is 30.5 Å². The van der Waals surface area contributed by atoms with Crippen LogP contribution in [0.25, 0.3) is 0 Å². The van der Waals surface area contributed by atoms with Crippen LogP contribution < -0.4 is 5.32 Å². The molecule has 1 atom stereocenters. The van der Waals surface area contributed by atoms with Gasteiger partial charge in [0.1, 0.15) is 0 Å². The minimum Gasteiger partial charge on any atom is -0.355 e. The number of amides is 1. The highest BCUT2D eigenvalue weighted by atomic mass is 79.9.